The second-order valence-corrected chi connectivity index (χ2v) is 4.62. The molecule has 1 aromatic carbocycles. The van der Waals surface area contributed by atoms with Crippen molar-refractivity contribution in [3.05, 3.63) is 29.8 Å². The summed E-state index contributed by atoms with van der Waals surface area (Å²) in [6.07, 6.45) is 2.55. The van der Waals surface area contributed by atoms with E-state index in [0.29, 0.717) is 13.2 Å². The quantitative estimate of drug-likeness (QED) is 0.783. The lowest BCUT2D eigenvalue weighted by Gasteiger charge is -2.25. The molecule has 2 unspecified atom stereocenters. The first-order valence-electron chi connectivity index (χ1n) is 6.49. The van der Waals surface area contributed by atoms with Gasteiger partial charge < -0.3 is 10.5 Å². The van der Waals surface area contributed by atoms with Crippen LogP contribution in [0.25, 0.3) is 0 Å². The van der Waals surface area contributed by atoms with Crippen molar-refractivity contribution in [3.8, 4) is 5.75 Å². The topological polar surface area (TPSA) is 76.7 Å². The number of hydrogen-bond acceptors (Lipinski definition) is 4. The van der Waals surface area contributed by atoms with Crippen LogP contribution in [0.4, 0.5) is 0 Å². The molecule has 0 bridgehead atoms. The minimum Gasteiger partial charge on any atom is -0.493 e. The number of rotatable bonds is 5. The summed E-state index contributed by atoms with van der Waals surface area (Å²) < 4.78 is 5.72. The second kappa shape index (κ2) is 6.33. The molecule has 5 heteroatoms. The van der Waals surface area contributed by atoms with Gasteiger partial charge in [-0.3, -0.25) is 4.79 Å². The number of para-hydroxylation sites is 1. The Bertz CT molecular complexity index is 474. The number of nitrogens with one attached hydrogen (secondary N) is 1. The molecule has 1 aliphatic rings. The molecule has 0 spiro atoms. The lowest BCUT2D eigenvalue weighted by molar-refractivity contribution is -0.123. The molecule has 0 saturated carbocycles. The van der Waals surface area contributed by atoms with Crippen molar-refractivity contribution in [2.45, 2.75) is 19.3 Å². The smallest absolute Gasteiger partial charge is 0.248 e. The Morgan fingerprint density at radius 1 is 1.42 bits per heavy atom. The molecule has 1 aromatic rings. The summed E-state index contributed by atoms with van der Waals surface area (Å²) in [6, 6.07) is 7.63. The minimum absolute atomic E-state index is 0.0491. The number of hydrazone groups is 1. The van der Waals surface area contributed by atoms with E-state index in [0.717, 1.165) is 17.7 Å². The van der Waals surface area contributed by atoms with Crippen molar-refractivity contribution < 1.29 is 9.53 Å². The molecule has 2 atom stereocenters. The predicted molar refractivity (Wildman–Crippen MR) is 74.1 cm³/mol. The molecule has 0 aromatic heterocycles. The molecule has 1 aliphatic heterocycles. The molecule has 2 rings (SSSR count). The van der Waals surface area contributed by atoms with Crippen LogP contribution in [0.3, 0.4) is 0 Å². The summed E-state index contributed by atoms with van der Waals surface area (Å²) >= 11 is 0. The molecule has 0 radical (unpaired) electrons. The van der Waals surface area contributed by atoms with E-state index in [1.807, 2.05) is 31.2 Å². The van der Waals surface area contributed by atoms with E-state index < -0.39 is 0 Å². The third-order valence-corrected chi connectivity index (χ3v) is 3.15. The molecular weight excluding hydrogens is 242 g/mol. The Morgan fingerprint density at radius 2 is 2.21 bits per heavy atom. The van der Waals surface area contributed by atoms with Gasteiger partial charge in [-0.05, 0) is 19.0 Å². The third-order valence-electron chi connectivity index (χ3n) is 3.15. The fourth-order valence-corrected chi connectivity index (χ4v) is 2.17. The average Bonchev–Trinajstić information content (AvgIpc) is 2.40. The number of amides is 1. The number of nitrogens with zero attached hydrogens (tertiary/aromatic N) is 1. The molecular formula is C14H19N3O2. The van der Waals surface area contributed by atoms with Gasteiger partial charge in [-0.25, -0.2) is 5.43 Å². The van der Waals surface area contributed by atoms with Crippen molar-refractivity contribution in [1.82, 2.24) is 5.43 Å². The van der Waals surface area contributed by atoms with E-state index in [2.05, 4.69) is 10.5 Å². The van der Waals surface area contributed by atoms with E-state index in [-0.39, 0.29) is 17.7 Å². The third kappa shape index (κ3) is 3.12. The molecule has 1 amide bonds. The highest BCUT2D eigenvalue weighted by Crippen LogP contribution is 2.32. The van der Waals surface area contributed by atoms with Gasteiger partial charge in [-0.1, -0.05) is 25.1 Å². The Kier molecular flexibility index (Phi) is 4.52. The van der Waals surface area contributed by atoms with E-state index in [9.17, 15) is 4.79 Å². The van der Waals surface area contributed by atoms with Gasteiger partial charge >= 0.3 is 0 Å². The first kappa shape index (κ1) is 13.5. The Labute approximate surface area is 112 Å². The second-order valence-electron chi connectivity index (χ2n) is 4.62. The summed E-state index contributed by atoms with van der Waals surface area (Å²) in [5, 5.41) is 3.84. The van der Waals surface area contributed by atoms with Gasteiger partial charge in [0.1, 0.15) is 5.75 Å². The highest BCUT2D eigenvalue weighted by Gasteiger charge is 2.30. The van der Waals surface area contributed by atoms with E-state index in [4.69, 9.17) is 10.5 Å². The molecule has 102 valence electrons. The van der Waals surface area contributed by atoms with Crippen LogP contribution in [0.2, 0.25) is 0 Å². The number of ether oxygens (including phenoxy) is 1. The molecule has 0 fully saturated rings. The van der Waals surface area contributed by atoms with E-state index in [1.54, 1.807) is 6.21 Å². The molecule has 19 heavy (non-hydrogen) atoms. The van der Waals surface area contributed by atoms with Gasteiger partial charge in [-0.2, -0.15) is 5.10 Å². The van der Waals surface area contributed by atoms with Gasteiger partial charge in [0.15, 0.2) is 0 Å². The maximum absolute atomic E-state index is 12.0. The lowest BCUT2D eigenvalue weighted by atomic mass is 9.86. The van der Waals surface area contributed by atoms with Crippen LogP contribution in [0, 0.1) is 5.92 Å². The highest BCUT2D eigenvalue weighted by molar-refractivity contribution is 5.90. The van der Waals surface area contributed by atoms with Crippen LogP contribution in [0.15, 0.2) is 29.4 Å². The summed E-state index contributed by atoms with van der Waals surface area (Å²) in [6.45, 7) is 3.13. The van der Waals surface area contributed by atoms with Crippen molar-refractivity contribution >= 4 is 12.1 Å². The van der Waals surface area contributed by atoms with Gasteiger partial charge in [0.05, 0.1) is 12.5 Å². The van der Waals surface area contributed by atoms with Crippen molar-refractivity contribution in [2.24, 2.45) is 16.8 Å². The Hall–Kier alpha value is -1.88. The van der Waals surface area contributed by atoms with Crippen LogP contribution in [-0.2, 0) is 4.79 Å². The average molecular weight is 261 g/mol. The number of nitrogens with two attached hydrogens (primary N) is 1. The first-order valence-corrected chi connectivity index (χ1v) is 6.49. The minimum atomic E-state index is -0.258. The summed E-state index contributed by atoms with van der Waals surface area (Å²) in [7, 11) is 0. The Balaban J connectivity index is 2.23. The maximum Gasteiger partial charge on any atom is 0.248 e. The summed E-state index contributed by atoms with van der Waals surface area (Å²) in [5.41, 5.74) is 8.87. The van der Waals surface area contributed by atoms with Crippen LogP contribution < -0.4 is 15.9 Å². The van der Waals surface area contributed by atoms with Crippen LogP contribution in [0.5, 0.6) is 5.75 Å². The van der Waals surface area contributed by atoms with Crippen LogP contribution in [-0.4, -0.2) is 25.3 Å². The van der Waals surface area contributed by atoms with Gasteiger partial charge in [0.25, 0.3) is 0 Å². The molecule has 3 N–H and O–H groups in total. The standard InChI is InChI=1S/C14H19N3O2/c1-10-9-16-17-14(18)13(10)11-5-2-3-6-12(11)19-8-4-7-15/h2-3,5-6,9-10,13H,4,7-8,15H2,1H3,(H,17,18). The van der Waals surface area contributed by atoms with Crippen molar-refractivity contribution in [1.29, 1.82) is 0 Å². The number of carbonyl (C=O) groups is 1. The Morgan fingerprint density at radius 3 is 2.95 bits per heavy atom. The number of hydrogen-bond donors (Lipinski definition) is 2. The number of carbonyl (C=O) groups excluding carboxylic acids is 1. The van der Waals surface area contributed by atoms with Gasteiger partial charge in [-0.15, -0.1) is 0 Å². The van der Waals surface area contributed by atoms with Gasteiger partial charge in [0, 0.05) is 17.7 Å². The normalized spacial score (nSPS) is 22.1. The zero-order chi connectivity index (χ0) is 13.7. The SMILES string of the molecule is CC1C=NNC(=O)C1c1ccccc1OCCCN. The lowest BCUT2D eigenvalue weighted by Crippen LogP contribution is -2.35. The van der Waals surface area contributed by atoms with Crippen LogP contribution >= 0.6 is 0 Å². The molecule has 1 heterocycles. The van der Waals surface area contributed by atoms with E-state index >= 15 is 0 Å². The largest absolute Gasteiger partial charge is 0.493 e. The zero-order valence-corrected chi connectivity index (χ0v) is 11.0. The molecule has 0 aliphatic carbocycles. The number of benzene rings is 1. The molecule has 5 nitrogen and oxygen atoms in total. The zero-order valence-electron chi connectivity index (χ0n) is 11.0. The van der Waals surface area contributed by atoms with Gasteiger partial charge in [0.2, 0.25) is 5.91 Å². The monoisotopic (exact) mass is 261 g/mol. The first-order chi connectivity index (χ1) is 9.24. The summed E-state index contributed by atoms with van der Waals surface area (Å²) in [5.74, 6) is 0.447. The maximum atomic E-state index is 12.0. The highest BCUT2D eigenvalue weighted by atomic mass is 16.5. The van der Waals surface area contributed by atoms with Crippen molar-refractivity contribution in [3.63, 3.8) is 0 Å². The predicted octanol–water partition coefficient (Wildman–Crippen LogP) is 1.25. The van der Waals surface area contributed by atoms with Crippen molar-refractivity contribution in [2.75, 3.05) is 13.2 Å². The van der Waals surface area contributed by atoms with Crippen LogP contribution in [0.1, 0.15) is 24.8 Å². The fourth-order valence-electron chi connectivity index (χ4n) is 2.17. The van der Waals surface area contributed by atoms with E-state index in [1.165, 1.54) is 0 Å². The molecule has 0 saturated heterocycles. The fraction of sp³-hybridized carbons (Fsp3) is 0.429. The summed E-state index contributed by atoms with van der Waals surface area (Å²) in [4.78, 5) is 12.0.